The molecule has 27 nitrogen and oxygen atoms in total. The number of hydrogen-bond acceptors (Lipinski definition) is 22. The lowest BCUT2D eigenvalue weighted by atomic mass is 9.98. The van der Waals surface area contributed by atoms with E-state index in [2.05, 4.69) is 39.6 Å². The largest absolute Gasteiger partial charge is 0.511 e. The van der Waals surface area contributed by atoms with Crippen molar-refractivity contribution in [3.05, 3.63) is 177 Å². The molecule has 6 aromatic carbocycles. The van der Waals surface area contributed by atoms with Crippen LogP contribution in [-0.4, -0.2) is 173 Å². The smallest absolute Gasteiger partial charge is 0.479 e. The molecule has 0 radical (unpaired) electrons. The molecule has 0 aliphatic heterocycles. The van der Waals surface area contributed by atoms with Crippen molar-refractivity contribution >= 4 is 100 Å². The maximum absolute atomic E-state index is 12.5. The molecule has 0 saturated carbocycles. The molecule has 6 rings (SSSR count). The van der Waals surface area contributed by atoms with E-state index in [0.717, 1.165) is 44.5 Å². The van der Waals surface area contributed by atoms with Crippen LogP contribution in [0.4, 0.5) is 4.79 Å². The van der Waals surface area contributed by atoms with E-state index >= 15 is 0 Å². The van der Waals surface area contributed by atoms with Gasteiger partial charge in [-0.05, 0) is 154 Å². The molecule has 3 amide bonds. The van der Waals surface area contributed by atoms with Gasteiger partial charge in [-0.15, -0.1) is 0 Å². The standard InChI is InChI=1S/C27H32ClNO9.C23H24ClNO9.C23H26ClNO6/c1-27(2,3)38-26(34)24(32)29-21(14-22(30)25(33)37-16-36-23(31)15-35-4)12-17-8-10-18(11-9-17)19-6-5-7-20(28)13-19;1-2-32-23(31)34-13-33-22(30)19(26)12-18(25-20(27)21(28)29)10-14-6-8-15(9-7-14)16-4-3-5-17(24)11-16;1-23(2,3)31-22(30)20(27)25-18(13-19(26)21(28)29)11-14-7-9-15(10-8-14)16-5-4-6-17(24)12-16/h5-11,13,21-22,30H,12,14-16H2,1-4H3,(H,29,32);3-9,11,18-19,26H,2,10,12-13H2,1H3,(H,25,27)(H,28,29);4-10,12,18-19,26H,11,13H2,1-3H3,(H,25,27)(H,28,29)/t21-,22-;2*18-,19-/m111/s1. The van der Waals surface area contributed by atoms with E-state index < -0.39 is 127 Å². The first-order valence-corrected chi connectivity index (χ1v) is 32.9. The zero-order valence-corrected chi connectivity index (χ0v) is 59.8. The first-order valence-electron chi connectivity index (χ1n) is 31.7. The second kappa shape index (κ2) is 42.4. The number of amides is 3. The number of carboxylic acid groups (broad SMARTS) is 2. The average molecular weight is 1490 g/mol. The Labute approximate surface area is 608 Å². The second-order valence-electron chi connectivity index (χ2n) is 24.6. The summed E-state index contributed by atoms with van der Waals surface area (Å²) in [6.07, 6.45) is -6.48. The van der Waals surface area contributed by atoms with Gasteiger partial charge in [0.1, 0.15) is 17.8 Å². The number of halogens is 3. The molecule has 0 aliphatic carbocycles. The minimum atomic E-state index is -1.71. The van der Waals surface area contributed by atoms with Gasteiger partial charge < -0.3 is 79.4 Å². The van der Waals surface area contributed by atoms with Gasteiger partial charge in [-0.2, -0.15) is 0 Å². The normalized spacial score (nSPS) is 12.7. The summed E-state index contributed by atoms with van der Waals surface area (Å²) in [6.45, 7) is 9.58. The Morgan fingerprint density at radius 2 is 0.757 bits per heavy atom. The van der Waals surface area contributed by atoms with Gasteiger partial charge in [-0.3, -0.25) is 14.4 Å². The number of carboxylic acids is 2. The highest BCUT2D eigenvalue weighted by molar-refractivity contribution is 6.33. The molecule has 554 valence electrons. The van der Waals surface area contributed by atoms with Crippen molar-refractivity contribution in [3.8, 4) is 33.4 Å². The molecule has 8 N–H and O–H groups in total. The molecular formula is C73H82Cl3N3O24. The van der Waals surface area contributed by atoms with Crippen molar-refractivity contribution in [2.24, 2.45) is 0 Å². The molecule has 0 bridgehead atoms. The summed E-state index contributed by atoms with van der Waals surface area (Å²) in [4.78, 5) is 129. The number of ether oxygens (including phenoxy) is 8. The SMILES string of the molecule is CC(C)(C)OC(=O)C(=O)N[C@H](Cc1ccc(-c2cccc(Cl)c2)cc1)C[C@@H](O)C(=O)O.CCOC(=O)OCOC(=O)[C@H](O)C[C@@H](Cc1ccc(-c2cccc(Cl)c2)cc1)NC(=O)C(=O)O.COCC(=O)OCOC(=O)[C@H](O)C[C@@H](Cc1ccc(-c2cccc(Cl)c2)cc1)NC(=O)C(=O)OC(C)(C)C. The number of carbonyl (C=O) groups is 11. The van der Waals surface area contributed by atoms with Crippen LogP contribution in [0.5, 0.6) is 0 Å². The topological polar surface area (TPSA) is 399 Å². The van der Waals surface area contributed by atoms with Crippen molar-refractivity contribution in [1.82, 2.24) is 16.0 Å². The van der Waals surface area contributed by atoms with E-state index in [4.69, 9.17) is 59.2 Å². The Morgan fingerprint density at radius 3 is 1.06 bits per heavy atom. The predicted octanol–water partition coefficient (Wildman–Crippen LogP) is 8.57. The number of benzene rings is 6. The minimum Gasteiger partial charge on any atom is -0.479 e. The highest BCUT2D eigenvalue weighted by atomic mass is 35.5. The van der Waals surface area contributed by atoms with Crippen molar-refractivity contribution in [2.75, 3.05) is 33.9 Å². The van der Waals surface area contributed by atoms with Gasteiger partial charge >= 0.3 is 65.7 Å². The van der Waals surface area contributed by atoms with Crippen LogP contribution in [0, 0.1) is 0 Å². The quantitative estimate of drug-likeness (QED) is 0.00986. The van der Waals surface area contributed by atoms with Crippen LogP contribution in [0.15, 0.2) is 146 Å². The van der Waals surface area contributed by atoms with Crippen molar-refractivity contribution in [2.45, 2.75) is 135 Å². The number of carbonyl (C=O) groups excluding carboxylic acids is 9. The molecule has 0 heterocycles. The molecular weight excluding hydrogens is 1410 g/mol. The van der Waals surface area contributed by atoms with Crippen LogP contribution in [-0.2, 0) is 105 Å². The van der Waals surface area contributed by atoms with Crippen molar-refractivity contribution in [3.63, 3.8) is 0 Å². The Hall–Kier alpha value is -10.0. The highest BCUT2D eigenvalue weighted by Crippen LogP contribution is 2.27. The lowest BCUT2D eigenvalue weighted by Gasteiger charge is -2.23. The molecule has 103 heavy (non-hydrogen) atoms. The number of aliphatic carboxylic acids is 2. The zero-order chi connectivity index (χ0) is 76.6. The van der Waals surface area contributed by atoms with Crippen molar-refractivity contribution < 1.29 is 116 Å². The van der Waals surface area contributed by atoms with E-state index in [1.807, 2.05) is 109 Å². The second-order valence-corrected chi connectivity index (χ2v) is 25.9. The maximum atomic E-state index is 12.5. The fourth-order valence-electron chi connectivity index (χ4n) is 9.22. The van der Waals surface area contributed by atoms with Crippen molar-refractivity contribution in [1.29, 1.82) is 0 Å². The molecule has 0 aromatic heterocycles. The third-order valence-electron chi connectivity index (χ3n) is 13.8. The fraction of sp³-hybridized carbons (Fsp3) is 0.356. The van der Waals surface area contributed by atoms with Crippen LogP contribution in [0.1, 0.15) is 84.4 Å². The monoisotopic (exact) mass is 1490 g/mol. The van der Waals surface area contributed by atoms with Gasteiger partial charge in [0.15, 0.2) is 18.3 Å². The summed E-state index contributed by atoms with van der Waals surface area (Å²) in [5, 5.41) is 57.3. The molecule has 0 aliphatic rings. The number of methoxy groups -OCH3 is 1. The minimum absolute atomic E-state index is 0.0699. The first-order chi connectivity index (χ1) is 48.5. The third kappa shape index (κ3) is 33.1. The van der Waals surface area contributed by atoms with Gasteiger partial charge in [-0.1, -0.05) is 144 Å². The Kier molecular flexibility index (Phi) is 35.2. The third-order valence-corrected chi connectivity index (χ3v) is 14.5. The van der Waals surface area contributed by atoms with Gasteiger partial charge in [0.25, 0.3) is 0 Å². The molecule has 0 spiro atoms. The van der Waals surface area contributed by atoms with E-state index in [1.165, 1.54) is 7.11 Å². The van der Waals surface area contributed by atoms with Crippen LogP contribution in [0.2, 0.25) is 15.1 Å². The number of nitrogens with one attached hydrogen (secondary N) is 3. The lowest BCUT2D eigenvalue weighted by Crippen LogP contribution is -2.45. The predicted molar refractivity (Wildman–Crippen MR) is 374 cm³/mol. The van der Waals surface area contributed by atoms with Crippen LogP contribution >= 0.6 is 34.8 Å². The van der Waals surface area contributed by atoms with Gasteiger partial charge in [-0.25, -0.2) is 38.4 Å². The molecule has 6 aromatic rings. The molecule has 6 atom stereocenters. The lowest BCUT2D eigenvalue weighted by molar-refractivity contribution is -0.175. The number of rotatable bonds is 28. The number of esters is 5. The van der Waals surface area contributed by atoms with E-state index in [9.17, 15) is 68.1 Å². The van der Waals surface area contributed by atoms with E-state index in [1.54, 1.807) is 84.9 Å². The average Bonchev–Trinajstić information content (AvgIpc) is 0.919. The van der Waals surface area contributed by atoms with Gasteiger partial charge in [0.2, 0.25) is 13.6 Å². The van der Waals surface area contributed by atoms with Crippen LogP contribution in [0.3, 0.4) is 0 Å². The molecule has 30 heteroatoms. The van der Waals surface area contributed by atoms with Gasteiger partial charge in [0.05, 0.1) is 6.61 Å². The summed E-state index contributed by atoms with van der Waals surface area (Å²) in [7, 11) is 1.30. The number of hydrogen-bond donors (Lipinski definition) is 8. The molecule has 0 unspecified atom stereocenters. The Bertz CT molecular complexity index is 3840. The molecule has 0 fully saturated rings. The molecule has 0 saturated heterocycles. The Balaban J connectivity index is 0.000000329. The number of aliphatic hydroxyl groups is 3. The zero-order valence-electron chi connectivity index (χ0n) is 57.5. The van der Waals surface area contributed by atoms with Crippen LogP contribution < -0.4 is 16.0 Å². The van der Waals surface area contributed by atoms with E-state index in [-0.39, 0.29) is 51.7 Å². The number of aliphatic hydroxyl groups excluding tert-OH is 3. The summed E-state index contributed by atoms with van der Waals surface area (Å²) in [5.74, 6) is -11.5. The summed E-state index contributed by atoms with van der Waals surface area (Å²) in [6, 6.07) is 41.5. The first kappa shape index (κ1) is 85.4. The maximum Gasteiger partial charge on any atom is 0.511 e. The van der Waals surface area contributed by atoms with Gasteiger partial charge in [0, 0.05) is 59.6 Å². The fourth-order valence-corrected chi connectivity index (χ4v) is 9.80. The summed E-state index contributed by atoms with van der Waals surface area (Å²) in [5.41, 5.74) is 6.04. The summed E-state index contributed by atoms with van der Waals surface area (Å²) >= 11 is 18.1. The highest BCUT2D eigenvalue weighted by Gasteiger charge is 2.31. The Morgan fingerprint density at radius 1 is 0.427 bits per heavy atom. The summed E-state index contributed by atoms with van der Waals surface area (Å²) < 4.78 is 37.8. The van der Waals surface area contributed by atoms with E-state index in [0.29, 0.717) is 20.6 Å². The van der Waals surface area contributed by atoms with Crippen LogP contribution in [0.25, 0.3) is 33.4 Å².